The number of aromatic nitrogens is 1. The van der Waals surface area contributed by atoms with Crippen molar-refractivity contribution in [3.05, 3.63) is 24.0 Å². The van der Waals surface area contributed by atoms with Gasteiger partial charge in [-0.15, -0.1) is 6.42 Å². The first-order valence-electron chi connectivity index (χ1n) is 6.19. The molecule has 0 radical (unpaired) electrons. The van der Waals surface area contributed by atoms with E-state index in [4.69, 9.17) is 11.2 Å². The Morgan fingerprint density at radius 2 is 2.06 bits per heavy atom. The minimum Gasteiger partial charge on any atom is -0.497 e. The van der Waals surface area contributed by atoms with Gasteiger partial charge in [-0.25, -0.2) is 0 Å². The van der Waals surface area contributed by atoms with E-state index in [9.17, 15) is 0 Å². The lowest BCUT2D eigenvalue weighted by molar-refractivity contribution is 0.137. The summed E-state index contributed by atoms with van der Waals surface area (Å²) in [5.74, 6) is 3.56. The van der Waals surface area contributed by atoms with Gasteiger partial charge in [0, 0.05) is 45.0 Å². The molecule has 2 heterocycles. The molecular formula is C14H19N3O. The Balaban J connectivity index is 1.86. The molecular weight excluding hydrogens is 226 g/mol. The third-order valence-corrected chi connectivity index (χ3v) is 3.19. The monoisotopic (exact) mass is 245 g/mol. The Morgan fingerprint density at radius 1 is 1.33 bits per heavy atom. The maximum atomic E-state index is 5.32. The number of methoxy groups -OCH3 is 1. The molecule has 2 rings (SSSR count). The second-order valence-corrected chi connectivity index (χ2v) is 4.44. The fourth-order valence-corrected chi connectivity index (χ4v) is 2.13. The van der Waals surface area contributed by atoms with Gasteiger partial charge in [0.25, 0.3) is 0 Å². The van der Waals surface area contributed by atoms with Crippen molar-refractivity contribution in [1.29, 1.82) is 0 Å². The van der Waals surface area contributed by atoms with Gasteiger partial charge in [-0.2, -0.15) is 0 Å². The molecule has 1 aromatic heterocycles. The fraction of sp³-hybridized carbons (Fsp3) is 0.500. The Kier molecular flexibility index (Phi) is 4.57. The highest BCUT2D eigenvalue weighted by molar-refractivity contribution is 5.22. The Labute approximate surface area is 109 Å². The molecule has 0 unspecified atom stereocenters. The van der Waals surface area contributed by atoms with E-state index in [0.29, 0.717) is 0 Å². The summed E-state index contributed by atoms with van der Waals surface area (Å²) in [6, 6.07) is 3.86. The summed E-state index contributed by atoms with van der Waals surface area (Å²) in [6.45, 7) is 5.79. The zero-order valence-electron chi connectivity index (χ0n) is 10.8. The lowest BCUT2D eigenvalue weighted by Crippen LogP contribution is -2.45. The van der Waals surface area contributed by atoms with E-state index in [2.05, 4.69) is 20.7 Å². The molecule has 96 valence electrons. The van der Waals surface area contributed by atoms with Crippen LogP contribution < -0.4 is 4.74 Å². The maximum absolute atomic E-state index is 5.32. The quantitative estimate of drug-likeness (QED) is 0.735. The zero-order valence-corrected chi connectivity index (χ0v) is 10.8. The molecule has 0 saturated carbocycles. The molecule has 0 spiro atoms. The largest absolute Gasteiger partial charge is 0.497 e. The van der Waals surface area contributed by atoms with Crippen molar-refractivity contribution in [3.63, 3.8) is 0 Å². The highest BCUT2D eigenvalue weighted by Gasteiger charge is 2.16. The van der Waals surface area contributed by atoms with Gasteiger partial charge in [0.1, 0.15) is 5.75 Å². The normalized spacial score (nSPS) is 17.3. The lowest BCUT2D eigenvalue weighted by Gasteiger charge is -2.33. The molecule has 1 aliphatic rings. The summed E-state index contributed by atoms with van der Waals surface area (Å²) in [6.07, 6.45) is 7.11. The fourth-order valence-electron chi connectivity index (χ4n) is 2.13. The van der Waals surface area contributed by atoms with Gasteiger partial charge in [0.2, 0.25) is 0 Å². The molecule has 0 N–H and O–H groups in total. The third-order valence-electron chi connectivity index (χ3n) is 3.19. The molecule has 0 bridgehead atoms. The van der Waals surface area contributed by atoms with Crippen LogP contribution in [0.4, 0.5) is 0 Å². The first kappa shape index (κ1) is 12.9. The van der Waals surface area contributed by atoms with Crippen molar-refractivity contribution in [2.24, 2.45) is 0 Å². The Morgan fingerprint density at radius 3 is 2.72 bits per heavy atom. The van der Waals surface area contributed by atoms with Crippen LogP contribution >= 0.6 is 0 Å². The van der Waals surface area contributed by atoms with Crippen molar-refractivity contribution < 1.29 is 4.74 Å². The SMILES string of the molecule is C#CCN1CCN(Cc2cc(OC)ccn2)CC1. The summed E-state index contributed by atoms with van der Waals surface area (Å²) in [4.78, 5) is 9.07. The van der Waals surface area contributed by atoms with Crippen LogP contribution in [0.2, 0.25) is 0 Å². The van der Waals surface area contributed by atoms with E-state index in [1.54, 1.807) is 13.3 Å². The van der Waals surface area contributed by atoms with Gasteiger partial charge >= 0.3 is 0 Å². The molecule has 4 heteroatoms. The number of hydrogen-bond donors (Lipinski definition) is 0. The average Bonchev–Trinajstić information content (AvgIpc) is 2.42. The summed E-state index contributed by atoms with van der Waals surface area (Å²) in [5, 5.41) is 0. The van der Waals surface area contributed by atoms with Crippen LogP contribution in [0, 0.1) is 12.3 Å². The van der Waals surface area contributed by atoms with E-state index in [1.165, 1.54) is 0 Å². The number of hydrogen-bond acceptors (Lipinski definition) is 4. The smallest absolute Gasteiger partial charge is 0.122 e. The predicted molar refractivity (Wildman–Crippen MR) is 71.3 cm³/mol. The molecule has 1 saturated heterocycles. The van der Waals surface area contributed by atoms with E-state index in [0.717, 1.165) is 50.7 Å². The first-order valence-corrected chi connectivity index (χ1v) is 6.19. The van der Waals surface area contributed by atoms with E-state index in [1.807, 2.05) is 12.1 Å². The predicted octanol–water partition coefficient (Wildman–Crippen LogP) is 0.841. The average molecular weight is 245 g/mol. The molecule has 1 aliphatic heterocycles. The van der Waals surface area contributed by atoms with Crippen molar-refractivity contribution >= 4 is 0 Å². The second-order valence-electron chi connectivity index (χ2n) is 4.44. The van der Waals surface area contributed by atoms with Crippen molar-refractivity contribution in [2.45, 2.75) is 6.54 Å². The third kappa shape index (κ3) is 3.46. The molecule has 0 atom stereocenters. The highest BCUT2D eigenvalue weighted by atomic mass is 16.5. The van der Waals surface area contributed by atoms with Gasteiger partial charge < -0.3 is 4.74 Å². The number of pyridine rings is 1. The van der Waals surface area contributed by atoms with Crippen LogP contribution in [0.3, 0.4) is 0 Å². The minimum atomic E-state index is 0.755. The number of nitrogens with zero attached hydrogens (tertiary/aromatic N) is 3. The molecule has 0 aliphatic carbocycles. The Bertz CT molecular complexity index is 419. The van der Waals surface area contributed by atoms with Crippen LogP contribution in [-0.4, -0.2) is 54.6 Å². The Hall–Kier alpha value is -1.57. The minimum absolute atomic E-state index is 0.755. The van der Waals surface area contributed by atoms with Crippen LogP contribution in [0.25, 0.3) is 0 Å². The second kappa shape index (κ2) is 6.39. The summed E-state index contributed by atoms with van der Waals surface area (Å²) in [5.41, 5.74) is 1.06. The number of ether oxygens (including phenoxy) is 1. The summed E-state index contributed by atoms with van der Waals surface area (Å²) in [7, 11) is 1.68. The van der Waals surface area contributed by atoms with Crippen molar-refractivity contribution in [3.8, 4) is 18.1 Å². The molecule has 0 amide bonds. The molecule has 0 aromatic carbocycles. The lowest BCUT2D eigenvalue weighted by atomic mass is 10.2. The van der Waals surface area contributed by atoms with E-state index < -0.39 is 0 Å². The van der Waals surface area contributed by atoms with Gasteiger partial charge in [0.15, 0.2) is 0 Å². The standard InChI is InChI=1S/C14H19N3O/c1-3-6-16-7-9-17(10-8-16)12-13-11-14(18-2)4-5-15-13/h1,4-5,11H,6-10,12H2,2H3. The van der Waals surface area contributed by atoms with Gasteiger partial charge in [-0.05, 0) is 6.07 Å². The van der Waals surface area contributed by atoms with Crippen LogP contribution in [0.1, 0.15) is 5.69 Å². The number of piperazine rings is 1. The molecule has 18 heavy (non-hydrogen) atoms. The van der Waals surface area contributed by atoms with Gasteiger partial charge in [-0.1, -0.05) is 5.92 Å². The van der Waals surface area contributed by atoms with Crippen molar-refractivity contribution in [2.75, 3.05) is 39.8 Å². The first-order chi connectivity index (χ1) is 8.81. The van der Waals surface area contributed by atoms with E-state index in [-0.39, 0.29) is 0 Å². The van der Waals surface area contributed by atoms with Gasteiger partial charge in [0.05, 0.1) is 19.3 Å². The van der Waals surface area contributed by atoms with Crippen LogP contribution in [0.5, 0.6) is 5.75 Å². The highest BCUT2D eigenvalue weighted by Crippen LogP contribution is 2.12. The van der Waals surface area contributed by atoms with Crippen LogP contribution in [-0.2, 0) is 6.54 Å². The summed E-state index contributed by atoms with van der Waals surface area (Å²) >= 11 is 0. The van der Waals surface area contributed by atoms with Crippen molar-refractivity contribution in [1.82, 2.24) is 14.8 Å². The molecule has 1 aromatic rings. The number of terminal acetylenes is 1. The molecule has 1 fully saturated rings. The zero-order chi connectivity index (χ0) is 12.8. The maximum Gasteiger partial charge on any atom is 0.122 e. The summed E-state index contributed by atoms with van der Waals surface area (Å²) < 4.78 is 5.20. The molecule has 4 nitrogen and oxygen atoms in total. The van der Waals surface area contributed by atoms with Crippen LogP contribution in [0.15, 0.2) is 18.3 Å². The van der Waals surface area contributed by atoms with E-state index >= 15 is 0 Å². The number of rotatable bonds is 4. The topological polar surface area (TPSA) is 28.6 Å². The van der Waals surface area contributed by atoms with Gasteiger partial charge in [-0.3, -0.25) is 14.8 Å².